The minimum absolute atomic E-state index is 1.15. The maximum Gasteiger partial charge on any atom is 0.0641 e. The van der Waals surface area contributed by atoms with Crippen molar-refractivity contribution in [3.05, 3.63) is 163 Å². The number of aromatic nitrogens is 3. The smallest absolute Gasteiger partial charge is 0.0641 e. The van der Waals surface area contributed by atoms with Crippen molar-refractivity contribution in [1.29, 1.82) is 0 Å². The minimum atomic E-state index is 1.15. The number of nitrogens with zero attached hydrogens (tertiary/aromatic N) is 3. The number of hydrogen-bond acceptors (Lipinski definition) is 0. The molecule has 0 spiro atoms. The van der Waals surface area contributed by atoms with Gasteiger partial charge in [0, 0.05) is 49.4 Å². The van der Waals surface area contributed by atoms with Crippen LogP contribution in [0.4, 0.5) is 0 Å². The summed E-state index contributed by atoms with van der Waals surface area (Å²) in [7, 11) is 0. The maximum absolute atomic E-state index is 2.50. The summed E-state index contributed by atoms with van der Waals surface area (Å²) in [4.78, 5) is 0. The molecule has 0 aliphatic rings. The van der Waals surface area contributed by atoms with Crippen LogP contribution >= 0.6 is 0 Å². The Morgan fingerprint density at radius 3 is 1.70 bits per heavy atom. The first-order valence-electron chi connectivity index (χ1n) is 16.3. The molecular weight excluding hydrogens is 571 g/mol. The largest absolute Gasteiger partial charge is 0.309 e. The highest BCUT2D eigenvalue weighted by atomic mass is 15.0. The summed E-state index contributed by atoms with van der Waals surface area (Å²) in [6.45, 7) is 4.34. The molecule has 3 heterocycles. The summed E-state index contributed by atoms with van der Waals surface area (Å²) < 4.78 is 7.35. The van der Waals surface area contributed by atoms with Crippen molar-refractivity contribution < 1.29 is 0 Å². The Kier molecular flexibility index (Phi) is 5.41. The number of fused-ring (bicyclic) bond motifs is 10. The molecule has 7 aromatic carbocycles. The van der Waals surface area contributed by atoms with Crippen molar-refractivity contribution in [2.45, 2.75) is 13.8 Å². The van der Waals surface area contributed by atoms with Gasteiger partial charge >= 0.3 is 0 Å². The van der Waals surface area contributed by atoms with Gasteiger partial charge in [0.1, 0.15) is 0 Å². The molecule has 0 amide bonds. The number of benzene rings is 7. The summed E-state index contributed by atoms with van der Waals surface area (Å²) >= 11 is 0. The average molecular weight is 602 g/mol. The molecule has 0 saturated carbocycles. The molecule has 0 radical (unpaired) electrons. The SMILES string of the molecule is Cc1cccc(-n2c3ccccc3c3c2ccc2c4ccccc4n(-c4ccc5c6ccc(C)cc6n(-c6ccccc6)c5c4)c23)c1. The van der Waals surface area contributed by atoms with Gasteiger partial charge in [-0.2, -0.15) is 0 Å². The van der Waals surface area contributed by atoms with Crippen molar-refractivity contribution in [2.24, 2.45) is 0 Å². The number of para-hydroxylation sites is 3. The lowest BCUT2D eigenvalue weighted by molar-refractivity contribution is 1.15. The third-order valence-corrected chi connectivity index (χ3v) is 9.91. The first-order chi connectivity index (χ1) is 23.2. The van der Waals surface area contributed by atoms with E-state index in [1.54, 1.807) is 0 Å². The molecule has 0 unspecified atom stereocenters. The Bertz CT molecular complexity index is 2860. The number of aryl methyl sites for hydroxylation is 2. The summed E-state index contributed by atoms with van der Waals surface area (Å²) in [6, 6.07) is 55.7. The maximum atomic E-state index is 2.50. The van der Waals surface area contributed by atoms with Crippen LogP contribution < -0.4 is 0 Å². The third kappa shape index (κ3) is 3.68. The fourth-order valence-corrected chi connectivity index (χ4v) is 7.93. The molecule has 10 rings (SSSR count). The van der Waals surface area contributed by atoms with Crippen molar-refractivity contribution >= 4 is 65.4 Å². The quantitative estimate of drug-likeness (QED) is 0.191. The normalized spacial score (nSPS) is 12.0. The molecule has 0 fully saturated rings. The summed E-state index contributed by atoms with van der Waals surface area (Å²) in [5.74, 6) is 0. The molecule has 0 atom stereocenters. The van der Waals surface area contributed by atoms with E-state index < -0.39 is 0 Å². The first kappa shape index (κ1) is 26.2. The van der Waals surface area contributed by atoms with E-state index in [4.69, 9.17) is 0 Å². The van der Waals surface area contributed by atoms with Gasteiger partial charge in [0.2, 0.25) is 0 Å². The average Bonchev–Trinajstić information content (AvgIpc) is 3.73. The Morgan fingerprint density at radius 2 is 0.894 bits per heavy atom. The zero-order valence-electron chi connectivity index (χ0n) is 26.3. The van der Waals surface area contributed by atoms with E-state index in [2.05, 4.69) is 179 Å². The lowest BCUT2D eigenvalue weighted by atomic mass is 10.1. The molecular formula is C44H31N3. The molecule has 10 aromatic rings. The Hall–Kier alpha value is -6.06. The number of hydrogen-bond donors (Lipinski definition) is 0. The number of rotatable bonds is 3. The standard InChI is InChI=1S/C44H31N3/c1-28-11-10-14-31(25-28)46-39-18-9-7-16-37(39)43-40(46)24-23-36-33-15-6-8-17-38(33)47(44(36)43)32-20-22-35-34-21-19-29(2)26-41(34)45(42(35)27-32)30-12-4-3-5-13-30/h3-27H,1-2H3. The molecule has 0 aliphatic carbocycles. The topological polar surface area (TPSA) is 14.8 Å². The van der Waals surface area contributed by atoms with Crippen molar-refractivity contribution in [3.63, 3.8) is 0 Å². The molecule has 0 N–H and O–H groups in total. The Morgan fingerprint density at radius 1 is 0.319 bits per heavy atom. The zero-order chi connectivity index (χ0) is 31.2. The summed E-state index contributed by atoms with van der Waals surface area (Å²) in [5, 5.41) is 7.58. The monoisotopic (exact) mass is 601 g/mol. The van der Waals surface area contributed by atoms with Crippen molar-refractivity contribution in [2.75, 3.05) is 0 Å². The second kappa shape index (κ2) is 9.72. The van der Waals surface area contributed by atoms with E-state index in [0.717, 1.165) is 5.69 Å². The van der Waals surface area contributed by atoms with Crippen LogP contribution in [0.25, 0.3) is 82.5 Å². The third-order valence-electron chi connectivity index (χ3n) is 9.91. The predicted molar refractivity (Wildman–Crippen MR) is 199 cm³/mol. The van der Waals surface area contributed by atoms with Crippen molar-refractivity contribution in [3.8, 4) is 17.1 Å². The highest BCUT2D eigenvalue weighted by Gasteiger charge is 2.22. The second-order valence-electron chi connectivity index (χ2n) is 12.8. The Labute approximate surface area is 272 Å². The molecule has 0 bridgehead atoms. The molecule has 0 saturated heterocycles. The van der Waals surface area contributed by atoms with Crippen LogP contribution in [0.15, 0.2) is 152 Å². The van der Waals surface area contributed by atoms with Crippen LogP contribution in [0.5, 0.6) is 0 Å². The lowest BCUT2D eigenvalue weighted by Crippen LogP contribution is -1.97. The van der Waals surface area contributed by atoms with Crippen LogP contribution in [0.3, 0.4) is 0 Å². The van der Waals surface area contributed by atoms with E-state index in [9.17, 15) is 0 Å². The van der Waals surface area contributed by atoms with E-state index in [1.807, 2.05) is 0 Å². The zero-order valence-corrected chi connectivity index (χ0v) is 26.3. The summed E-state index contributed by atoms with van der Waals surface area (Å²) in [6.07, 6.45) is 0. The highest BCUT2D eigenvalue weighted by molar-refractivity contribution is 6.26. The fourth-order valence-electron chi connectivity index (χ4n) is 7.93. The van der Waals surface area contributed by atoms with Gasteiger partial charge in [-0.1, -0.05) is 91.0 Å². The summed E-state index contributed by atoms with van der Waals surface area (Å²) in [5.41, 5.74) is 13.3. The van der Waals surface area contributed by atoms with E-state index in [0.29, 0.717) is 0 Å². The van der Waals surface area contributed by atoms with Gasteiger partial charge in [-0.15, -0.1) is 0 Å². The van der Waals surface area contributed by atoms with Crippen LogP contribution in [-0.4, -0.2) is 13.7 Å². The first-order valence-corrected chi connectivity index (χ1v) is 16.3. The van der Waals surface area contributed by atoms with Crippen LogP contribution in [-0.2, 0) is 0 Å². The van der Waals surface area contributed by atoms with Gasteiger partial charge in [0.25, 0.3) is 0 Å². The van der Waals surface area contributed by atoms with Gasteiger partial charge in [-0.05, 0) is 85.6 Å². The predicted octanol–water partition coefficient (Wildman–Crippen LogP) is 11.6. The molecule has 47 heavy (non-hydrogen) atoms. The van der Waals surface area contributed by atoms with Crippen LogP contribution in [0, 0.1) is 13.8 Å². The lowest BCUT2D eigenvalue weighted by Gasteiger charge is -2.12. The van der Waals surface area contributed by atoms with Crippen molar-refractivity contribution in [1.82, 2.24) is 13.7 Å². The fraction of sp³-hybridized carbons (Fsp3) is 0.0455. The van der Waals surface area contributed by atoms with E-state index in [1.165, 1.54) is 87.9 Å². The van der Waals surface area contributed by atoms with Gasteiger partial charge in [-0.3, -0.25) is 0 Å². The van der Waals surface area contributed by atoms with Crippen LogP contribution in [0.1, 0.15) is 11.1 Å². The Balaban J connectivity index is 1.37. The molecule has 3 aromatic heterocycles. The second-order valence-corrected chi connectivity index (χ2v) is 12.8. The van der Waals surface area contributed by atoms with E-state index >= 15 is 0 Å². The van der Waals surface area contributed by atoms with Gasteiger partial charge in [-0.25, -0.2) is 0 Å². The van der Waals surface area contributed by atoms with E-state index in [-0.39, 0.29) is 0 Å². The van der Waals surface area contributed by atoms with Gasteiger partial charge in [0.15, 0.2) is 0 Å². The van der Waals surface area contributed by atoms with Crippen LogP contribution in [0.2, 0.25) is 0 Å². The van der Waals surface area contributed by atoms with Gasteiger partial charge in [0.05, 0.1) is 33.1 Å². The molecule has 3 nitrogen and oxygen atoms in total. The minimum Gasteiger partial charge on any atom is -0.309 e. The molecule has 0 aliphatic heterocycles. The highest BCUT2D eigenvalue weighted by Crippen LogP contribution is 2.43. The molecule has 3 heteroatoms. The molecule has 222 valence electrons. The van der Waals surface area contributed by atoms with Gasteiger partial charge < -0.3 is 13.7 Å².